The van der Waals surface area contributed by atoms with Gasteiger partial charge in [-0.25, -0.2) is 0 Å². The monoisotopic (exact) mass is 336 g/mol. The van der Waals surface area contributed by atoms with Crippen LogP contribution in [0.5, 0.6) is 23.0 Å². The normalized spacial score (nSPS) is 19.7. The number of fused-ring (bicyclic) bond motifs is 4. The molecule has 3 aromatic carbocycles. The Labute approximate surface area is 139 Å². The van der Waals surface area contributed by atoms with E-state index in [1.165, 1.54) is 5.56 Å². The third-order valence-corrected chi connectivity index (χ3v) is 9.27. The minimum absolute atomic E-state index is 0.829. The largest absolute Gasteiger partial charge is 0.456 e. The SMILES string of the molecule is Cc1ccc2c(c1)Oc1cccc3c1P2(=S)c1ccccc1O3. The molecule has 2 aliphatic heterocycles. The van der Waals surface area contributed by atoms with Gasteiger partial charge in [0.15, 0.2) is 0 Å². The van der Waals surface area contributed by atoms with E-state index in [-0.39, 0.29) is 0 Å². The van der Waals surface area contributed by atoms with Crippen LogP contribution in [0.4, 0.5) is 0 Å². The Bertz CT molecular complexity index is 1030. The summed E-state index contributed by atoms with van der Waals surface area (Å²) in [5, 5.41) is 3.28. The molecular formula is C19H13O2PS. The van der Waals surface area contributed by atoms with Crippen molar-refractivity contribution in [2.24, 2.45) is 0 Å². The van der Waals surface area contributed by atoms with E-state index in [0.29, 0.717) is 0 Å². The second-order valence-corrected chi connectivity index (χ2v) is 10.1. The number of aryl methyl sites for hydroxylation is 1. The Morgan fingerprint density at radius 2 is 1.39 bits per heavy atom. The number of hydrogen-bond acceptors (Lipinski definition) is 3. The van der Waals surface area contributed by atoms with E-state index in [1.54, 1.807) is 0 Å². The minimum atomic E-state index is -2.15. The van der Waals surface area contributed by atoms with Gasteiger partial charge in [-0.1, -0.05) is 36.1 Å². The molecule has 3 aromatic rings. The van der Waals surface area contributed by atoms with Crippen LogP contribution in [0.1, 0.15) is 5.56 Å². The van der Waals surface area contributed by atoms with Gasteiger partial charge in [-0.15, -0.1) is 0 Å². The Morgan fingerprint density at radius 3 is 2.22 bits per heavy atom. The second kappa shape index (κ2) is 4.47. The molecule has 0 N–H and O–H groups in total. The van der Waals surface area contributed by atoms with Crippen molar-refractivity contribution in [1.82, 2.24) is 0 Å². The Kier molecular flexibility index (Phi) is 2.60. The standard InChI is InChI=1S/C19H13O2PS/c1-12-9-10-18-16(11-12)21-15-7-4-6-14-19(15)22(18,23)17-8-3-2-5-13(17)20-14/h2-11H,1H3. The van der Waals surface area contributed by atoms with Gasteiger partial charge in [0.25, 0.3) is 0 Å². The molecule has 0 radical (unpaired) electrons. The molecule has 0 saturated carbocycles. The topological polar surface area (TPSA) is 18.5 Å². The van der Waals surface area contributed by atoms with Gasteiger partial charge in [-0.3, -0.25) is 0 Å². The van der Waals surface area contributed by atoms with E-state index in [9.17, 15) is 0 Å². The fourth-order valence-electron chi connectivity index (χ4n) is 3.35. The zero-order chi connectivity index (χ0) is 15.6. The summed E-state index contributed by atoms with van der Waals surface area (Å²) in [4.78, 5) is 0. The summed E-state index contributed by atoms with van der Waals surface area (Å²) in [6.45, 7) is 2.07. The van der Waals surface area contributed by atoms with Crippen LogP contribution < -0.4 is 25.4 Å². The van der Waals surface area contributed by atoms with Crippen LogP contribution in [-0.2, 0) is 11.8 Å². The van der Waals surface area contributed by atoms with Crippen molar-refractivity contribution >= 4 is 33.8 Å². The van der Waals surface area contributed by atoms with E-state index in [2.05, 4.69) is 31.2 Å². The lowest BCUT2D eigenvalue weighted by Crippen LogP contribution is -2.34. The molecule has 0 bridgehead atoms. The first-order chi connectivity index (χ1) is 11.2. The molecule has 0 aromatic heterocycles. The highest BCUT2D eigenvalue weighted by atomic mass is 32.4. The first-order valence-electron chi connectivity index (χ1n) is 7.48. The zero-order valence-electron chi connectivity index (χ0n) is 12.4. The highest BCUT2D eigenvalue weighted by Crippen LogP contribution is 2.58. The molecule has 0 amide bonds. The van der Waals surface area contributed by atoms with Gasteiger partial charge in [0.1, 0.15) is 23.0 Å². The molecule has 1 unspecified atom stereocenters. The third kappa shape index (κ3) is 1.67. The molecular weight excluding hydrogens is 323 g/mol. The van der Waals surface area contributed by atoms with Crippen molar-refractivity contribution in [2.45, 2.75) is 6.92 Å². The van der Waals surface area contributed by atoms with Crippen molar-refractivity contribution in [3.8, 4) is 23.0 Å². The maximum atomic E-state index is 6.35. The number of rotatable bonds is 0. The van der Waals surface area contributed by atoms with E-state index in [0.717, 1.165) is 38.9 Å². The first kappa shape index (κ1) is 13.4. The van der Waals surface area contributed by atoms with Crippen LogP contribution in [0.2, 0.25) is 0 Å². The molecule has 0 saturated heterocycles. The van der Waals surface area contributed by atoms with Crippen molar-refractivity contribution in [2.75, 3.05) is 0 Å². The summed E-state index contributed by atoms with van der Waals surface area (Å²) in [5.74, 6) is 3.41. The fourth-order valence-corrected chi connectivity index (χ4v) is 7.83. The van der Waals surface area contributed by atoms with Crippen molar-refractivity contribution in [3.05, 3.63) is 66.2 Å². The van der Waals surface area contributed by atoms with Crippen molar-refractivity contribution in [3.63, 3.8) is 0 Å². The lowest BCUT2D eigenvalue weighted by atomic mass is 10.2. The van der Waals surface area contributed by atoms with Crippen LogP contribution in [0.3, 0.4) is 0 Å². The van der Waals surface area contributed by atoms with E-state index in [4.69, 9.17) is 21.3 Å². The van der Waals surface area contributed by atoms with Crippen molar-refractivity contribution in [1.29, 1.82) is 0 Å². The molecule has 1 atom stereocenters. The summed E-state index contributed by atoms with van der Waals surface area (Å²) in [6, 6.07) is 18.2. The van der Waals surface area contributed by atoms with E-state index < -0.39 is 6.04 Å². The number of hydrogen-bond donors (Lipinski definition) is 0. The molecule has 2 heterocycles. The van der Waals surface area contributed by atoms with Gasteiger partial charge < -0.3 is 9.47 Å². The maximum Gasteiger partial charge on any atom is 0.140 e. The fraction of sp³-hybridized carbons (Fsp3) is 0.0526. The summed E-state index contributed by atoms with van der Waals surface area (Å²) >= 11 is 6.35. The molecule has 5 rings (SSSR count). The predicted octanol–water partition coefficient (Wildman–Crippen LogP) is 3.96. The zero-order valence-corrected chi connectivity index (χ0v) is 14.2. The lowest BCUT2D eigenvalue weighted by molar-refractivity contribution is 0.466. The predicted molar refractivity (Wildman–Crippen MR) is 97.4 cm³/mol. The average Bonchev–Trinajstić information content (AvgIpc) is 2.55. The molecule has 23 heavy (non-hydrogen) atoms. The highest BCUT2D eigenvalue weighted by Gasteiger charge is 2.42. The maximum absolute atomic E-state index is 6.35. The van der Waals surface area contributed by atoms with Crippen molar-refractivity contribution < 1.29 is 9.47 Å². The van der Waals surface area contributed by atoms with Crippen LogP contribution in [0.25, 0.3) is 0 Å². The molecule has 0 aliphatic carbocycles. The van der Waals surface area contributed by atoms with Gasteiger partial charge in [0.2, 0.25) is 0 Å². The summed E-state index contributed by atoms with van der Waals surface area (Å²) < 4.78 is 12.3. The second-order valence-electron chi connectivity index (χ2n) is 5.86. The van der Waals surface area contributed by atoms with Crippen LogP contribution >= 0.6 is 6.04 Å². The summed E-state index contributed by atoms with van der Waals surface area (Å²) in [7, 11) is 0. The summed E-state index contributed by atoms with van der Waals surface area (Å²) in [6.07, 6.45) is 0. The third-order valence-electron chi connectivity index (χ3n) is 4.38. The number of benzene rings is 3. The van der Waals surface area contributed by atoms with Gasteiger partial charge in [0, 0.05) is 10.6 Å². The Balaban J connectivity index is 1.95. The van der Waals surface area contributed by atoms with E-state index in [1.807, 2.05) is 36.4 Å². The average molecular weight is 336 g/mol. The Hall–Kier alpha value is -2.09. The highest BCUT2D eigenvalue weighted by molar-refractivity contribution is 8.26. The molecule has 2 nitrogen and oxygen atoms in total. The Morgan fingerprint density at radius 1 is 0.739 bits per heavy atom. The van der Waals surface area contributed by atoms with E-state index >= 15 is 0 Å². The van der Waals surface area contributed by atoms with Crippen LogP contribution in [0.15, 0.2) is 60.7 Å². The first-order valence-corrected chi connectivity index (χ1v) is 10.3. The quantitative estimate of drug-likeness (QED) is 0.399. The van der Waals surface area contributed by atoms with Gasteiger partial charge in [-0.05, 0) is 48.9 Å². The van der Waals surface area contributed by atoms with Gasteiger partial charge in [0.05, 0.1) is 11.3 Å². The molecule has 0 spiro atoms. The molecule has 0 fully saturated rings. The van der Waals surface area contributed by atoms with Crippen LogP contribution in [-0.4, -0.2) is 0 Å². The van der Waals surface area contributed by atoms with Gasteiger partial charge >= 0.3 is 0 Å². The minimum Gasteiger partial charge on any atom is -0.456 e. The number of para-hydroxylation sites is 1. The smallest absolute Gasteiger partial charge is 0.140 e. The molecule has 4 heteroatoms. The summed E-state index contributed by atoms with van der Waals surface area (Å²) in [5.41, 5.74) is 1.17. The lowest BCUT2D eigenvalue weighted by Gasteiger charge is -2.37. The molecule has 112 valence electrons. The van der Waals surface area contributed by atoms with Crippen LogP contribution in [0, 0.1) is 6.92 Å². The molecule has 2 aliphatic rings. The number of ether oxygens (including phenoxy) is 2. The van der Waals surface area contributed by atoms with Gasteiger partial charge in [-0.2, -0.15) is 0 Å².